The molecule has 0 aliphatic carbocycles. The molecule has 0 radical (unpaired) electrons. The van der Waals surface area contributed by atoms with Gasteiger partial charge < -0.3 is 9.73 Å². The van der Waals surface area contributed by atoms with Gasteiger partial charge in [-0.25, -0.2) is 0 Å². The Kier molecular flexibility index (Phi) is 4.49. The molecule has 20 heavy (non-hydrogen) atoms. The van der Waals surface area contributed by atoms with Crippen molar-refractivity contribution in [3.05, 3.63) is 59.5 Å². The lowest BCUT2D eigenvalue weighted by Crippen LogP contribution is -2.22. The highest BCUT2D eigenvalue weighted by Gasteiger charge is 2.30. The second-order valence-electron chi connectivity index (χ2n) is 4.57. The number of nitrogens with one attached hydrogen (secondary N) is 1. The van der Waals surface area contributed by atoms with Crippen molar-refractivity contribution in [3.8, 4) is 0 Å². The van der Waals surface area contributed by atoms with Crippen LogP contribution in [0.4, 0.5) is 13.2 Å². The van der Waals surface area contributed by atoms with Crippen molar-refractivity contribution in [2.75, 3.05) is 6.54 Å². The maximum Gasteiger partial charge on any atom is 0.416 e. The van der Waals surface area contributed by atoms with E-state index >= 15 is 0 Å². The van der Waals surface area contributed by atoms with E-state index in [0.29, 0.717) is 12.0 Å². The Bertz CT molecular complexity index is 534. The Morgan fingerprint density at radius 3 is 2.65 bits per heavy atom. The fraction of sp³-hybridized carbons (Fsp3) is 0.333. The SMILES string of the molecule is CCNC(Cc1cccc(C(F)(F)F)c1)c1ccoc1. The van der Waals surface area contributed by atoms with Gasteiger partial charge in [0, 0.05) is 11.6 Å². The van der Waals surface area contributed by atoms with Crippen molar-refractivity contribution in [1.29, 1.82) is 0 Å². The van der Waals surface area contributed by atoms with Crippen molar-refractivity contribution in [2.45, 2.75) is 25.6 Å². The Hall–Kier alpha value is -1.75. The topological polar surface area (TPSA) is 25.2 Å². The Balaban J connectivity index is 2.19. The highest BCUT2D eigenvalue weighted by Crippen LogP contribution is 2.30. The van der Waals surface area contributed by atoms with Crippen LogP contribution in [0.2, 0.25) is 0 Å². The molecule has 1 aromatic heterocycles. The van der Waals surface area contributed by atoms with Gasteiger partial charge in [-0.2, -0.15) is 13.2 Å². The van der Waals surface area contributed by atoms with Gasteiger partial charge in [-0.3, -0.25) is 0 Å². The molecule has 0 spiro atoms. The maximum atomic E-state index is 12.7. The van der Waals surface area contributed by atoms with E-state index in [1.807, 2.05) is 13.0 Å². The first-order chi connectivity index (χ1) is 9.50. The van der Waals surface area contributed by atoms with Crippen molar-refractivity contribution in [3.63, 3.8) is 0 Å². The molecule has 1 N–H and O–H groups in total. The largest absolute Gasteiger partial charge is 0.472 e. The summed E-state index contributed by atoms with van der Waals surface area (Å²) in [6.07, 6.45) is -0.649. The van der Waals surface area contributed by atoms with Gasteiger partial charge in [-0.1, -0.05) is 25.1 Å². The summed E-state index contributed by atoms with van der Waals surface area (Å²) in [5, 5.41) is 3.25. The first kappa shape index (κ1) is 14.7. The monoisotopic (exact) mass is 283 g/mol. The van der Waals surface area contributed by atoms with Gasteiger partial charge in [0.1, 0.15) is 0 Å². The number of furan rings is 1. The van der Waals surface area contributed by atoms with Crippen LogP contribution in [0.25, 0.3) is 0 Å². The molecule has 1 atom stereocenters. The van der Waals surface area contributed by atoms with Crippen molar-refractivity contribution < 1.29 is 17.6 Å². The molecule has 1 aromatic carbocycles. The minimum Gasteiger partial charge on any atom is -0.472 e. The average Bonchev–Trinajstić information content (AvgIpc) is 2.91. The van der Waals surface area contributed by atoms with E-state index in [2.05, 4.69) is 5.32 Å². The van der Waals surface area contributed by atoms with Gasteiger partial charge in [0.05, 0.1) is 18.1 Å². The van der Waals surface area contributed by atoms with Crippen LogP contribution in [0.15, 0.2) is 47.3 Å². The minimum atomic E-state index is -4.31. The number of hydrogen-bond donors (Lipinski definition) is 1. The molecule has 0 saturated carbocycles. The van der Waals surface area contributed by atoms with E-state index in [9.17, 15) is 13.2 Å². The normalized spacial score (nSPS) is 13.4. The summed E-state index contributed by atoms with van der Waals surface area (Å²) in [5.74, 6) is 0. The summed E-state index contributed by atoms with van der Waals surface area (Å²) in [6, 6.07) is 7.20. The second kappa shape index (κ2) is 6.13. The molecule has 2 aromatic rings. The lowest BCUT2D eigenvalue weighted by Gasteiger charge is -2.17. The molecule has 5 heteroatoms. The summed E-state index contributed by atoms with van der Waals surface area (Å²) in [7, 11) is 0. The summed E-state index contributed by atoms with van der Waals surface area (Å²) >= 11 is 0. The molecule has 0 fully saturated rings. The van der Waals surface area contributed by atoms with E-state index in [1.165, 1.54) is 12.1 Å². The Labute approximate surface area is 115 Å². The van der Waals surface area contributed by atoms with Gasteiger partial charge in [-0.05, 0) is 30.7 Å². The van der Waals surface area contributed by atoms with Crippen molar-refractivity contribution in [2.24, 2.45) is 0 Å². The zero-order chi connectivity index (χ0) is 14.6. The predicted molar refractivity (Wildman–Crippen MR) is 70.3 cm³/mol. The minimum absolute atomic E-state index is 0.0535. The fourth-order valence-corrected chi connectivity index (χ4v) is 2.14. The van der Waals surface area contributed by atoms with Crippen LogP contribution in [0, 0.1) is 0 Å². The molecule has 2 nitrogen and oxygen atoms in total. The van der Waals surface area contributed by atoms with Gasteiger partial charge in [0.25, 0.3) is 0 Å². The van der Waals surface area contributed by atoms with Gasteiger partial charge in [0.2, 0.25) is 0 Å². The number of halogens is 3. The van der Waals surface area contributed by atoms with Gasteiger partial charge in [0.15, 0.2) is 0 Å². The number of likely N-dealkylation sites (N-methyl/N-ethyl adjacent to an activating group) is 1. The number of rotatable bonds is 5. The molecule has 0 saturated heterocycles. The molecule has 0 aliphatic heterocycles. The van der Waals surface area contributed by atoms with Gasteiger partial charge in [-0.15, -0.1) is 0 Å². The summed E-state index contributed by atoms with van der Waals surface area (Å²) in [4.78, 5) is 0. The van der Waals surface area contributed by atoms with E-state index in [4.69, 9.17) is 4.42 Å². The number of benzene rings is 1. The van der Waals surface area contributed by atoms with Crippen LogP contribution >= 0.6 is 0 Å². The highest BCUT2D eigenvalue weighted by molar-refractivity contribution is 5.27. The van der Waals surface area contributed by atoms with Crippen LogP contribution in [0.3, 0.4) is 0 Å². The van der Waals surface area contributed by atoms with Crippen LogP contribution in [-0.4, -0.2) is 6.54 Å². The molecule has 0 amide bonds. The maximum absolute atomic E-state index is 12.7. The third-order valence-electron chi connectivity index (χ3n) is 3.09. The summed E-state index contributed by atoms with van der Waals surface area (Å²) < 4.78 is 43.1. The second-order valence-corrected chi connectivity index (χ2v) is 4.57. The molecule has 0 bridgehead atoms. The number of hydrogen-bond acceptors (Lipinski definition) is 2. The third kappa shape index (κ3) is 3.63. The van der Waals surface area contributed by atoms with Crippen molar-refractivity contribution >= 4 is 0 Å². The first-order valence-corrected chi connectivity index (χ1v) is 6.42. The zero-order valence-electron chi connectivity index (χ0n) is 11.1. The van der Waals surface area contributed by atoms with E-state index < -0.39 is 11.7 Å². The quantitative estimate of drug-likeness (QED) is 0.890. The van der Waals surface area contributed by atoms with Crippen molar-refractivity contribution in [1.82, 2.24) is 5.32 Å². The first-order valence-electron chi connectivity index (χ1n) is 6.42. The number of alkyl halides is 3. The van der Waals surface area contributed by atoms with Crippen LogP contribution in [-0.2, 0) is 12.6 Å². The molecular weight excluding hydrogens is 267 g/mol. The van der Waals surface area contributed by atoms with Crippen LogP contribution in [0.5, 0.6) is 0 Å². The van der Waals surface area contributed by atoms with Crippen LogP contribution in [0.1, 0.15) is 29.7 Å². The van der Waals surface area contributed by atoms with E-state index in [0.717, 1.165) is 18.2 Å². The lowest BCUT2D eigenvalue weighted by atomic mass is 9.99. The van der Waals surface area contributed by atoms with Gasteiger partial charge >= 0.3 is 6.18 Å². The van der Waals surface area contributed by atoms with E-state index in [-0.39, 0.29) is 6.04 Å². The summed E-state index contributed by atoms with van der Waals surface area (Å²) in [6.45, 7) is 2.69. The fourth-order valence-electron chi connectivity index (χ4n) is 2.14. The molecule has 108 valence electrons. The Morgan fingerprint density at radius 1 is 1.25 bits per heavy atom. The molecule has 2 rings (SSSR count). The van der Waals surface area contributed by atoms with Crippen LogP contribution < -0.4 is 5.32 Å². The average molecular weight is 283 g/mol. The standard InChI is InChI=1S/C15H16F3NO/c1-2-19-14(12-6-7-20-10-12)9-11-4-3-5-13(8-11)15(16,17)18/h3-8,10,14,19H,2,9H2,1H3. The highest BCUT2D eigenvalue weighted by atomic mass is 19.4. The molecule has 0 aliphatic rings. The molecule has 1 unspecified atom stereocenters. The summed E-state index contributed by atoms with van der Waals surface area (Å²) in [5.41, 5.74) is 0.966. The Morgan fingerprint density at radius 2 is 2.05 bits per heavy atom. The smallest absolute Gasteiger partial charge is 0.416 e. The lowest BCUT2D eigenvalue weighted by molar-refractivity contribution is -0.137. The predicted octanol–water partition coefficient (Wildman–Crippen LogP) is 4.19. The molecular formula is C15H16F3NO. The zero-order valence-corrected chi connectivity index (χ0v) is 11.1. The molecule has 1 heterocycles. The van der Waals surface area contributed by atoms with E-state index in [1.54, 1.807) is 18.6 Å². The third-order valence-corrected chi connectivity index (χ3v) is 3.09.